The van der Waals surface area contributed by atoms with Crippen molar-refractivity contribution in [2.24, 2.45) is 0 Å². The molecule has 0 spiro atoms. The van der Waals surface area contributed by atoms with Crippen LogP contribution in [0.3, 0.4) is 0 Å². The molecule has 3 rings (SSSR count). The first-order chi connectivity index (χ1) is 12.6. The molecule has 0 aliphatic rings. The van der Waals surface area contributed by atoms with Gasteiger partial charge < -0.3 is 10.6 Å². The SMILES string of the molecule is CC(=O)Nc1ccc(C(=O)NCCc2scnc2-c2ccccc2)cc1. The van der Waals surface area contributed by atoms with Gasteiger partial charge in [0.25, 0.3) is 5.91 Å². The summed E-state index contributed by atoms with van der Waals surface area (Å²) in [5.74, 6) is -0.272. The monoisotopic (exact) mass is 365 g/mol. The average Bonchev–Trinajstić information content (AvgIpc) is 3.11. The molecule has 26 heavy (non-hydrogen) atoms. The molecular formula is C20H19N3O2S. The van der Waals surface area contributed by atoms with Crippen molar-refractivity contribution >= 4 is 28.8 Å². The van der Waals surface area contributed by atoms with Crippen LogP contribution in [0.4, 0.5) is 5.69 Å². The van der Waals surface area contributed by atoms with Crippen molar-refractivity contribution < 1.29 is 9.59 Å². The molecule has 0 aliphatic carbocycles. The quantitative estimate of drug-likeness (QED) is 0.699. The first-order valence-electron chi connectivity index (χ1n) is 8.27. The van der Waals surface area contributed by atoms with Gasteiger partial charge in [-0.15, -0.1) is 11.3 Å². The summed E-state index contributed by atoms with van der Waals surface area (Å²) < 4.78 is 0. The van der Waals surface area contributed by atoms with Crippen LogP contribution in [-0.4, -0.2) is 23.3 Å². The molecule has 0 saturated carbocycles. The minimum Gasteiger partial charge on any atom is -0.352 e. The molecule has 1 heterocycles. The van der Waals surface area contributed by atoms with E-state index in [-0.39, 0.29) is 11.8 Å². The summed E-state index contributed by atoms with van der Waals surface area (Å²) in [5.41, 5.74) is 5.13. The summed E-state index contributed by atoms with van der Waals surface area (Å²) in [6.07, 6.45) is 0.727. The van der Waals surface area contributed by atoms with Gasteiger partial charge in [-0.25, -0.2) is 4.98 Å². The van der Waals surface area contributed by atoms with Gasteiger partial charge in [0.1, 0.15) is 0 Å². The Labute approximate surface area is 156 Å². The molecule has 1 aromatic heterocycles. The summed E-state index contributed by atoms with van der Waals surface area (Å²) in [6, 6.07) is 16.9. The molecule has 0 aliphatic heterocycles. The number of aromatic nitrogens is 1. The maximum absolute atomic E-state index is 12.3. The van der Waals surface area contributed by atoms with Gasteiger partial charge in [-0.3, -0.25) is 9.59 Å². The van der Waals surface area contributed by atoms with E-state index in [0.29, 0.717) is 17.8 Å². The van der Waals surface area contributed by atoms with E-state index in [0.717, 1.165) is 22.6 Å². The predicted molar refractivity (Wildman–Crippen MR) is 104 cm³/mol. The number of carbonyl (C=O) groups is 2. The van der Waals surface area contributed by atoms with Crippen molar-refractivity contribution in [2.75, 3.05) is 11.9 Å². The number of hydrogen-bond acceptors (Lipinski definition) is 4. The number of nitrogens with zero attached hydrogens (tertiary/aromatic N) is 1. The molecule has 0 radical (unpaired) electrons. The highest BCUT2D eigenvalue weighted by Crippen LogP contribution is 2.25. The Kier molecular flexibility index (Phi) is 5.76. The second-order valence-corrected chi connectivity index (χ2v) is 6.69. The van der Waals surface area contributed by atoms with Crippen LogP contribution in [-0.2, 0) is 11.2 Å². The lowest BCUT2D eigenvalue weighted by molar-refractivity contribution is -0.114. The highest BCUT2D eigenvalue weighted by atomic mass is 32.1. The van der Waals surface area contributed by atoms with Crippen LogP contribution in [0.25, 0.3) is 11.3 Å². The van der Waals surface area contributed by atoms with Crippen LogP contribution in [0.15, 0.2) is 60.1 Å². The fourth-order valence-electron chi connectivity index (χ4n) is 2.58. The van der Waals surface area contributed by atoms with Crippen LogP contribution in [0.1, 0.15) is 22.2 Å². The van der Waals surface area contributed by atoms with Crippen molar-refractivity contribution in [1.29, 1.82) is 0 Å². The zero-order valence-electron chi connectivity index (χ0n) is 14.4. The Morgan fingerprint density at radius 2 is 1.77 bits per heavy atom. The summed E-state index contributed by atoms with van der Waals surface area (Å²) in [7, 11) is 0. The molecule has 5 nitrogen and oxygen atoms in total. The molecule has 6 heteroatoms. The van der Waals surface area contributed by atoms with E-state index in [1.165, 1.54) is 6.92 Å². The lowest BCUT2D eigenvalue weighted by Crippen LogP contribution is -2.25. The third kappa shape index (κ3) is 4.55. The maximum atomic E-state index is 12.3. The predicted octanol–water partition coefficient (Wildman–Crippen LogP) is 3.74. The van der Waals surface area contributed by atoms with Crippen LogP contribution >= 0.6 is 11.3 Å². The molecule has 0 bridgehead atoms. The van der Waals surface area contributed by atoms with Gasteiger partial charge in [0.05, 0.1) is 11.2 Å². The van der Waals surface area contributed by atoms with E-state index in [1.54, 1.807) is 35.6 Å². The van der Waals surface area contributed by atoms with Gasteiger partial charge in [0.15, 0.2) is 0 Å². The van der Waals surface area contributed by atoms with Gasteiger partial charge in [0.2, 0.25) is 5.91 Å². The van der Waals surface area contributed by atoms with Crippen molar-refractivity contribution in [3.8, 4) is 11.3 Å². The Balaban J connectivity index is 1.56. The first kappa shape index (κ1) is 17.8. The zero-order chi connectivity index (χ0) is 18.4. The van der Waals surface area contributed by atoms with E-state index in [4.69, 9.17) is 0 Å². The highest BCUT2D eigenvalue weighted by Gasteiger charge is 2.10. The maximum Gasteiger partial charge on any atom is 0.251 e. The van der Waals surface area contributed by atoms with E-state index in [1.807, 2.05) is 35.8 Å². The van der Waals surface area contributed by atoms with E-state index in [9.17, 15) is 9.59 Å². The molecule has 0 fully saturated rings. The van der Waals surface area contributed by atoms with Crippen LogP contribution in [0.5, 0.6) is 0 Å². The van der Waals surface area contributed by atoms with Gasteiger partial charge >= 0.3 is 0 Å². The molecule has 3 aromatic rings. The molecule has 0 saturated heterocycles. The van der Waals surface area contributed by atoms with Crippen molar-refractivity contribution in [1.82, 2.24) is 10.3 Å². The number of hydrogen-bond donors (Lipinski definition) is 2. The Morgan fingerprint density at radius 1 is 1.04 bits per heavy atom. The number of carbonyl (C=O) groups excluding carboxylic acids is 2. The standard InChI is InChI=1S/C20H19N3O2S/c1-14(24)23-17-9-7-16(8-10-17)20(25)21-12-11-18-19(22-13-26-18)15-5-3-2-4-6-15/h2-10,13H,11-12H2,1H3,(H,21,25)(H,23,24). The lowest BCUT2D eigenvalue weighted by atomic mass is 10.1. The number of thiazole rings is 1. The van der Waals surface area contributed by atoms with Gasteiger partial charge in [-0.2, -0.15) is 0 Å². The Bertz CT molecular complexity index is 889. The second kappa shape index (κ2) is 8.40. The fraction of sp³-hybridized carbons (Fsp3) is 0.150. The second-order valence-electron chi connectivity index (χ2n) is 5.75. The molecule has 132 valence electrons. The lowest BCUT2D eigenvalue weighted by Gasteiger charge is -2.07. The number of rotatable bonds is 6. The molecule has 2 aromatic carbocycles. The Morgan fingerprint density at radius 3 is 2.46 bits per heavy atom. The number of amides is 2. The average molecular weight is 365 g/mol. The third-order valence-electron chi connectivity index (χ3n) is 3.79. The largest absolute Gasteiger partial charge is 0.352 e. The minimum absolute atomic E-state index is 0.134. The van der Waals surface area contributed by atoms with Gasteiger partial charge in [-0.05, 0) is 24.3 Å². The minimum atomic E-state index is -0.138. The summed E-state index contributed by atoms with van der Waals surface area (Å²) >= 11 is 1.60. The van der Waals surface area contributed by atoms with Crippen LogP contribution in [0.2, 0.25) is 0 Å². The number of anilines is 1. The van der Waals surface area contributed by atoms with Crippen LogP contribution in [0, 0.1) is 0 Å². The zero-order valence-corrected chi connectivity index (χ0v) is 15.2. The first-order valence-corrected chi connectivity index (χ1v) is 9.15. The Hall–Kier alpha value is -2.99. The smallest absolute Gasteiger partial charge is 0.251 e. The van der Waals surface area contributed by atoms with Gasteiger partial charge in [-0.1, -0.05) is 30.3 Å². The summed E-state index contributed by atoms with van der Waals surface area (Å²) in [5, 5.41) is 5.61. The van der Waals surface area contributed by atoms with Gasteiger partial charge in [0, 0.05) is 41.6 Å². The van der Waals surface area contributed by atoms with Crippen molar-refractivity contribution in [3.63, 3.8) is 0 Å². The topological polar surface area (TPSA) is 71.1 Å². The molecule has 0 unspecified atom stereocenters. The molecule has 2 amide bonds. The van der Waals surface area contributed by atoms with Crippen molar-refractivity contribution in [2.45, 2.75) is 13.3 Å². The van der Waals surface area contributed by atoms with Crippen molar-refractivity contribution in [3.05, 3.63) is 70.5 Å². The number of nitrogens with one attached hydrogen (secondary N) is 2. The normalized spacial score (nSPS) is 10.3. The van der Waals surface area contributed by atoms with Crippen LogP contribution < -0.4 is 10.6 Å². The molecular weight excluding hydrogens is 346 g/mol. The fourth-order valence-corrected chi connectivity index (χ4v) is 3.37. The molecule has 2 N–H and O–H groups in total. The summed E-state index contributed by atoms with van der Waals surface area (Å²) in [6.45, 7) is 1.98. The summed E-state index contributed by atoms with van der Waals surface area (Å²) in [4.78, 5) is 28.9. The molecule has 0 atom stereocenters. The number of benzene rings is 2. The third-order valence-corrected chi connectivity index (χ3v) is 4.69. The van der Waals surface area contributed by atoms with E-state index < -0.39 is 0 Å². The van der Waals surface area contributed by atoms with E-state index >= 15 is 0 Å². The highest BCUT2D eigenvalue weighted by molar-refractivity contribution is 7.10. The van der Waals surface area contributed by atoms with E-state index in [2.05, 4.69) is 15.6 Å².